The third-order valence-corrected chi connectivity index (χ3v) is 5.47. The van der Waals surface area contributed by atoms with Crippen molar-refractivity contribution in [3.63, 3.8) is 0 Å². The van der Waals surface area contributed by atoms with Crippen LogP contribution in [0.25, 0.3) is 44.8 Å². The van der Waals surface area contributed by atoms with Crippen molar-refractivity contribution in [1.29, 1.82) is 0 Å². The second kappa shape index (κ2) is 7.84. The summed E-state index contributed by atoms with van der Waals surface area (Å²) in [6.07, 6.45) is 4.92. The molecule has 2 aromatic carbocycles. The largest absolute Gasteiger partial charge is 0.495 e. The Balaban J connectivity index is 1.93. The van der Waals surface area contributed by atoms with Gasteiger partial charge in [0.2, 0.25) is 0 Å². The zero-order chi connectivity index (χ0) is 22.2. The molecular weight excluding hydrogens is 409 g/mol. The van der Waals surface area contributed by atoms with E-state index in [1.807, 2.05) is 41.8 Å². The van der Waals surface area contributed by atoms with Gasteiger partial charge in [-0.15, -0.1) is 15.3 Å². The molecule has 0 spiro atoms. The first kappa shape index (κ1) is 19.8. The summed E-state index contributed by atoms with van der Waals surface area (Å²) in [4.78, 5) is 4.58. The van der Waals surface area contributed by atoms with Gasteiger partial charge >= 0.3 is 0 Å². The van der Waals surface area contributed by atoms with Crippen LogP contribution in [0.15, 0.2) is 55.2 Å². The van der Waals surface area contributed by atoms with Crippen molar-refractivity contribution in [3.05, 3.63) is 61.1 Å². The molecule has 3 heterocycles. The molecule has 5 aromatic rings. The standard InChI is InChI=1S/C23H20FN7O/c1-4-31-12-25-20-16(11-26-29-23(20)31)19-15(22-28-27-13-30(22)2)10-17(24)18(21(19)32-3)14-8-6-5-7-9-14/h5-13H,4H2,1-3H3. The minimum absolute atomic E-state index is 0.355. The quantitative estimate of drug-likeness (QED) is 0.418. The minimum atomic E-state index is -0.424. The Bertz CT molecular complexity index is 1430. The number of benzene rings is 2. The second-order valence-corrected chi connectivity index (χ2v) is 7.28. The van der Waals surface area contributed by atoms with Gasteiger partial charge in [-0.25, -0.2) is 9.37 Å². The lowest BCUT2D eigenvalue weighted by atomic mass is 9.92. The molecule has 0 atom stereocenters. The highest BCUT2D eigenvalue weighted by atomic mass is 19.1. The van der Waals surface area contributed by atoms with Crippen molar-refractivity contribution < 1.29 is 9.13 Å². The van der Waals surface area contributed by atoms with Gasteiger partial charge in [0.25, 0.3) is 0 Å². The smallest absolute Gasteiger partial charge is 0.183 e. The summed E-state index contributed by atoms with van der Waals surface area (Å²) >= 11 is 0. The normalized spacial score (nSPS) is 11.2. The van der Waals surface area contributed by atoms with Gasteiger partial charge in [-0.05, 0) is 18.6 Å². The molecular formula is C23H20FN7O. The number of hydrogen-bond acceptors (Lipinski definition) is 6. The molecule has 5 rings (SSSR count). The van der Waals surface area contributed by atoms with Crippen LogP contribution < -0.4 is 4.74 Å². The summed E-state index contributed by atoms with van der Waals surface area (Å²) in [5.74, 6) is 0.443. The van der Waals surface area contributed by atoms with Crippen LogP contribution in [0.3, 0.4) is 0 Å². The number of rotatable bonds is 5. The summed E-state index contributed by atoms with van der Waals surface area (Å²) in [5.41, 5.74) is 4.17. The van der Waals surface area contributed by atoms with Gasteiger partial charge in [0.1, 0.15) is 23.4 Å². The fraction of sp³-hybridized carbons (Fsp3) is 0.174. The van der Waals surface area contributed by atoms with Crippen LogP contribution in [0.1, 0.15) is 6.92 Å². The van der Waals surface area contributed by atoms with Gasteiger partial charge in [-0.1, -0.05) is 30.3 Å². The van der Waals surface area contributed by atoms with Gasteiger partial charge in [0, 0.05) is 30.3 Å². The van der Waals surface area contributed by atoms with Crippen molar-refractivity contribution in [3.8, 4) is 39.4 Å². The lowest BCUT2D eigenvalue weighted by molar-refractivity contribution is 0.415. The number of fused-ring (bicyclic) bond motifs is 1. The third-order valence-electron chi connectivity index (χ3n) is 5.47. The predicted octanol–water partition coefficient (Wildman–Crippen LogP) is 4.12. The number of aryl methyl sites for hydroxylation is 2. The molecule has 0 aliphatic carbocycles. The molecule has 0 radical (unpaired) electrons. The first-order chi connectivity index (χ1) is 15.6. The lowest BCUT2D eigenvalue weighted by Crippen LogP contribution is -2.02. The minimum Gasteiger partial charge on any atom is -0.495 e. The predicted molar refractivity (Wildman–Crippen MR) is 118 cm³/mol. The highest BCUT2D eigenvalue weighted by Gasteiger charge is 2.27. The maximum absolute atomic E-state index is 15.6. The first-order valence-electron chi connectivity index (χ1n) is 10.1. The number of halogens is 1. The van der Waals surface area contributed by atoms with E-state index in [0.29, 0.717) is 57.1 Å². The van der Waals surface area contributed by atoms with E-state index in [0.717, 1.165) is 0 Å². The van der Waals surface area contributed by atoms with Crippen LogP contribution >= 0.6 is 0 Å². The summed E-state index contributed by atoms with van der Waals surface area (Å²) in [6, 6.07) is 10.8. The maximum Gasteiger partial charge on any atom is 0.183 e. The Morgan fingerprint density at radius 3 is 2.50 bits per heavy atom. The van der Waals surface area contributed by atoms with E-state index in [-0.39, 0.29) is 0 Å². The van der Waals surface area contributed by atoms with Crippen LogP contribution in [0, 0.1) is 5.82 Å². The van der Waals surface area contributed by atoms with E-state index in [2.05, 4.69) is 25.4 Å². The van der Waals surface area contributed by atoms with Crippen molar-refractivity contribution in [2.24, 2.45) is 7.05 Å². The molecule has 0 aliphatic rings. The van der Waals surface area contributed by atoms with Crippen LogP contribution in [-0.2, 0) is 13.6 Å². The molecule has 160 valence electrons. The maximum atomic E-state index is 15.6. The average Bonchev–Trinajstić information content (AvgIpc) is 3.44. The van der Waals surface area contributed by atoms with E-state index < -0.39 is 5.82 Å². The van der Waals surface area contributed by atoms with Crippen LogP contribution in [0.5, 0.6) is 5.75 Å². The molecule has 0 aliphatic heterocycles. The van der Waals surface area contributed by atoms with Gasteiger partial charge in [-0.3, -0.25) is 0 Å². The monoisotopic (exact) mass is 429 g/mol. The molecule has 0 N–H and O–H groups in total. The van der Waals surface area contributed by atoms with Crippen molar-refractivity contribution >= 4 is 11.2 Å². The summed E-state index contributed by atoms with van der Waals surface area (Å²) < 4.78 is 25.1. The Morgan fingerprint density at radius 1 is 1.00 bits per heavy atom. The molecule has 0 saturated heterocycles. The highest BCUT2D eigenvalue weighted by Crippen LogP contribution is 2.47. The van der Waals surface area contributed by atoms with Gasteiger partial charge < -0.3 is 13.9 Å². The molecule has 0 bridgehead atoms. The fourth-order valence-electron chi connectivity index (χ4n) is 3.96. The SMILES string of the molecule is CCn1cnc2c(-c3c(-c4nncn4C)cc(F)c(-c4ccccc4)c3OC)cnnc21. The fourth-order valence-corrected chi connectivity index (χ4v) is 3.96. The van der Waals surface area contributed by atoms with E-state index >= 15 is 4.39 Å². The van der Waals surface area contributed by atoms with E-state index in [4.69, 9.17) is 4.74 Å². The molecule has 9 heteroatoms. The van der Waals surface area contributed by atoms with E-state index in [1.165, 1.54) is 13.2 Å². The Hall–Kier alpha value is -4.14. The van der Waals surface area contributed by atoms with Gasteiger partial charge in [0.05, 0.1) is 25.2 Å². The third kappa shape index (κ3) is 3.01. The molecule has 3 aromatic heterocycles. The summed E-state index contributed by atoms with van der Waals surface area (Å²) in [7, 11) is 3.34. The first-order valence-corrected chi connectivity index (χ1v) is 10.1. The topological polar surface area (TPSA) is 83.5 Å². The average molecular weight is 429 g/mol. The number of nitrogens with zero attached hydrogens (tertiary/aromatic N) is 7. The van der Waals surface area contributed by atoms with Crippen molar-refractivity contribution in [1.82, 2.24) is 34.5 Å². The second-order valence-electron chi connectivity index (χ2n) is 7.28. The number of imidazole rings is 1. The zero-order valence-corrected chi connectivity index (χ0v) is 17.8. The van der Waals surface area contributed by atoms with Crippen LogP contribution in [-0.4, -0.2) is 41.6 Å². The lowest BCUT2D eigenvalue weighted by Gasteiger charge is -2.19. The van der Waals surface area contributed by atoms with Gasteiger partial charge in [-0.2, -0.15) is 5.10 Å². The molecule has 0 amide bonds. The van der Waals surface area contributed by atoms with E-state index in [1.54, 1.807) is 30.5 Å². The molecule has 32 heavy (non-hydrogen) atoms. The number of ether oxygens (including phenoxy) is 1. The van der Waals surface area contributed by atoms with E-state index in [9.17, 15) is 0 Å². The highest BCUT2D eigenvalue weighted by molar-refractivity contribution is 6.00. The summed E-state index contributed by atoms with van der Waals surface area (Å²) in [5, 5.41) is 16.7. The van der Waals surface area contributed by atoms with Crippen molar-refractivity contribution in [2.75, 3.05) is 7.11 Å². The molecule has 8 nitrogen and oxygen atoms in total. The Labute approximate surface area is 183 Å². The van der Waals surface area contributed by atoms with Crippen LogP contribution in [0.4, 0.5) is 4.39 Å². The number of hydrogen-bond donors (Lipinski definition) is 0. The molecule has 0 saturated carbocycles. The Morgan fingerprint density at radius 2 is 1.81 bits per heavy atom. The number of methoxy groups -OCH3 is 1. The molecule has 0 unspecified atom stereocenters. The zero-order valence-electron chi connectivity index (χ0n) is 17.8. The van der Waals surface area contributed by atoms with Crippen molar-refractivity contribution in [2.45, 2.75) is 13.5 Å². The van der Waals surface area contributed by atoms with Crippen LogP contribution in [0.2, 0.25) is 0 Å². The summed E-state index contributed by atoms with van der Waals surface area (Å²) in [6.45, 7) is 2.70. The number of aromatic nitrogens is 7. The Kier molecular flexibility index (Phi) is 4.85. The van der Waals surface area contributed by atoms with Gasteiger partial charge in [0.15, 0.2) is 11.5 Å². The molecule has 0 fully saturated rings.